The number of esters is 1. The largest absolute Gasteiger partial charge is 0.469 e. The first-order valence-corrected chi connectivity index (χ1v) is 5.56. The standard InChI is InChI=1S/C12H18O3/c1-7-5-9-8(3-4-11(9)13)10(6-7)12(14)15-2/h5,8-11,13H,3-4,6H2,1-2H3/t8-,9-,10-,11+/m1/s1. The summed E-state index contributed by atoms with van der Waals surface area (Å²) in [6, 6.07) is 0. The number of allylic oxidation sites excluding steroid dienone is 1. The van der Waals surface area contributed by atoms with E-state index in [2.05, 4.69) is 6.08 Å². The molecule has 1 N–H and O–H groups in total. The molecule has 2 rings (SSSR count). The molecule has 3 heteroatoms. The van der Waals surface area contributed by atoms with E-state index in [4.69, 9.17) is 4.74 Å². The Hall–Kier alpha value is -0.830. The highest BCUT2D eigenvalue weighted by molar-refractivity contribution is 5.73. The molecule has 0 aliphatic heterocycles. The van der Waals surface area contributed by atoms with E-state index in [-0.39, 0.29) is 29.8 Å². The van der Waals surface area contributed by atoms with Gasteiger partial charge in [-0.15, -0.1) is 0 Å². The predicted molar refractivity (Wildman–Crippen MR) is 56.1 cm³/mol. The predicted octanol–water partition coefficient (Wildman–Crippen LogP) is 1.51. The van der Waals surface area contributed by atoms with Gasteiger partial charge in [0.2, 0.25) is 0 Å². The lowest BCUT2D eigenvalue weighted by Crippen LogP contribution is -2.33. The Morgan fingerprint density at radius 1 is 1.53 bits per heavy atom. The van der Waals surface area contributed by atoms with Gasteiger partial charge in [0.1, 0.15) is 0 Å². The minimum atomic E-state index is -0.266. The van der Waals surface area contributed by atoms with Crippen molar-refractivity contribution in [2.24, 2.45) is 17.8 Å². The molecule has 0 spiro atoms. The minimum Gasteiger partial charge on any atom is -0.469 e. The second kappa shape index (κ2) is 3.97. The number of hydrogen-bond donors (Lipinski definition) is 1. The summed E-state index contributed by atoms with van der Waals surface area (Å²) in [5, 5.41) is 9.82. The summed E-state index contributed by atoms with van der Waals surface area (Å²) in [4.78, 5) is 11.6. The summed E-state index contributed by atoms with van der Waals surface area (Å²) in [6.45, 7) is 2.02. The molecule has 0 amide bonds. The second-order valence-electron chi connectivity index (χ2n) is 4.73. The zero-order valence-corrected chi connectivity index (χ0v) is 9.27. The van der Waals surface area contributed by atoms with Crippen molar-refractivity contribution < 1.29 is 14.6 Å². The molecule has 3 nitrogen and oxygen atoms in total. The second-order valence-corrected chi connectivity index (χ2v) is 4.73. The molecule has 2 aliphatic carbocycles. The van der Waals surface area contributed by atoms with Crippen LogP contribution in [-0.2, 0) is 9.53 Å². The van der Waals surface area contributed by atoms with Crippen LogP contribution in [0.2, 0.25) is 0 Å². The maximum absolute atomic E-state index is 11.6. The Balaban J connectivity index is 2.22. The van der Waals surface area contributed by atoms with Gasteiger partial charge in [0.25, 0.3) is 0 Å². The SMILES string of the molecule is COC(=O)[C@@H]1CC(C)=C[C@@H]2[C@H]1CC[C@@H]2O. The summed E-state index contributed by atoms with van der Waals surface area (Å²) in [6.07, 6.45) is 4.42. The van der Waals surface area contributed by atoms with E-state index in [1.165, 1.54) is 12.7 Å². The van der Waals surface area contributed by atoms with Gasteiger partial charge in [0.05, 0.1) is 19.1 Å². The van der Waals surface area contributed by atoms with Crippen molar-refractivity contribution in [1.82, 2.24) is 0 Å². The van der Waals surface area contributed by atoms with Crippen molar-refractivity contribution in [1.29, 1.82) is 0 Å². The third-order valence-corrected chi connectivity index (χ3v) is 3.77. The van der Waals surface area contributed by atoms with Crippen LogP contribution in [0.5, 0.6) is 0 Å². The monoisotopic (exact) mass is 210 g/mol. The molecule has 0 aromatic heterocycles. The Kier molecular flexibility index (Phi) is 2.83. The topological polar surface area (TPSA) is 46.5 Å². The van der Waals surface area contributed by atoms with Gasteiger partial charge in [-0.05, 0) is 32.1 Å². The van der Waals surface area contributed by atoms with Crippen LogP contribution in [-0.4, -0.2) is 24.3 Å². The molecule has 0 heterocycles. The highest BCUT2D eigenvalue weighted by Crippen LogP contribution is 2.44. The van der Waals surface area contributed by atoms with Gasteiger partial charge < -0.3 is 9.84 Å². The van der Waals surface area contributed by atoms with Crippen LogP contribution in [0.4, 0.5) is 0 Å². The van der Waals surface area contributed by atoms with E-state index in [9.17, 15) is 9.90 Å². The third kappa shape index (κ3) is 1.81. The summed E-state index contributed by atoms with van der Waals surface area (Å²) >= 11 is 0. The summed E-state index contributed by atoms with van der Waals surface area (Å²) < 4.78 is 4.83. The first-order chi connectivity index (χ1) is 7.13. The molecular formula is C12H18O3. The van der Waals surface area contributed by atoms with Crippen LogP contribution in [0, 0.1) is 17.8 Å². The van der Waals surface area contributed by atoms with Gasteiger partial charge in [0.15, 0.2) is 0 Å². The lowest BCUT2D eigenvalue weighted by atomic mass is 9.75. The van der Waals surface area contributed by atoms with Gasteiger partial charge in [0, 0.05) is 5.92 Å². The van der Waals surface area contributed by atoms with E-state index in [0.29, 0.717) is 0 Å². The van der Waals surface area contributed by atoms with E-state index < -0.39 is 0 Å². The maximum Gasteiger partial charge on any atom is 0.309 e. The zero-order chi connectivity index (χ0) is 11.0. The van der Waals surface area contributed by atoms with E-state index >= 15 is 0 Å². The molecule has 15 heavy (non-hydrogen) atoms. The van der Waals surface area contributed by atoms with Gasteiger partial charge in [-0.1, -0.05) is 11.6 Å². The highest BCUT2D eigenvalue weighted by atomic mass is 16.5. The quantitative estimate of drug-likeness (QED) is 0.527. The Morgan fingerprint density at radius 3 is 2.93 bits per heavy atom. The van der Waals surface area contributed by atoms with Crippen molar-refractivity contribution in [2.75, 3.05) is 7.11 Å². The first-order valence-electron chi connectivity index (χ1n) is 5.56. The van der Waals surface area contributed by atoms with E-state index in [1.54, 1.807) is 0 Å². The number of aliphatic hydroxyl groups is 1. The lowest BCUT2D eigenvalue weighted by Gasteiger charge is -2.31. The zero-order valence-electron chi connectivity index (χ0n) is 9.27. The number of aliphatic hydroxyl groups excluding tert-OH is 1. The van der Waals surface area contributed by atoms with Crippen molar-refractivity contribution >= 4 is 5.97 Å². The summed E-state index contributed by atoms with van der Waals surface area (Å²) in [7, 11) is 1.44. The molecular weight excluding hydrogens is 192 g/mol. The molecule has 0 aromatic rings. The highest BCUT2D eigenvalue weighted by Gasteiger charge is 2.43. The minimum absolute atomic E-state index is 0.0397. The number of carbonyl (C=O) groups is 1. The molecule has 0 saturated heterocycles. The van der Waals surface area contributed by atoms with Crippen LogP contribution in [0.1, 0.15) is 26.2 Å². The number of ether oxygens (including phenoxy) is 1. The number of carbonyl (C=O) groups excluding carboxylic acids is 1. The number of rotatable bonds is 1. The first kappa shape index (κ1) is 10.7. The fourth-order valence-corrected chi connectivity index (χ4v) is 3.04. The molecule has 2 aliphatic rings. The molecule has 0 radical (unpaired) electrons. The number of hydrogen-bond acceptors (Lipinski definition) is 3. The molecule has 0 aromatic carbocycles. The van der Waals surface area contributed by atoms with Gasteiger partial charge in [-0.25, -0.2) is 0 Å². The molecule has 0 bridgehead atoms. The lowest BCUT2D eigenvalue weighted by molar-refractivity contribution is -0.148. The molecule has 84 valence electrons. The van der Waals surface area contributed by atoms with Gasteiger partial charge in [-0.3, -0.25) is 4.79 Å². The maximum atomic E-state index is 11.6. The van der Waals surface area contributed by atoms with E-state index in [0.717, 1.165) is 19.3 Å². The van der Waals surface area contributed by atoms with Crippen molar-refractivity contribution in [2.45, 2.75) is 32.3 Å². The Bertz CT molecular complexity index is 295. The Labute approximate surface area is 90.1 Å². The van der Waals surface area contributed by atoms with Crippen molar-refractivity contribution in [3.8, 4) is 0 Å². The van der Waals surface area contributed by atoms with Gasteiger partial charge in [-0.2, -0.15) is 0 Å². The fraction of sp³-hybridized carbons (Fsp3) is 0.750. The smallest absolute Gasteiger partial charge is 0.309 e. The van der Waals surface area contributed by atoms with Gasteiger partial charge >= 0.3 is 5.97 Å². The average Bonchev–Trinajstić information content (AvgIpc) is 2.58. The van der Waals surface area contributed by atoms with Crippen molar-refractivity contribution in [3.05, 3.63) is 11.6 Å². The molecule has 1 saturated carbocycles. The number of fused-ring (bicyclic) bond motifs is 1. The third-order valence-electron chi connectivity index (χ3n) is 3.77. The molecule has 1 fully saturated rings. The number of methoxy groups -OCH3 is 1. The van der Waals surface area contributed by atoms with Crippen molar-refractivity contribution in [3.63, 3.8) is 0 Å². The van der Waals surface area contributed by atoms with Crippen LogP contribution in [0.15, 0.2) is 11.6 Å². The van der Waals surface area contributed by atoms with Crippen LogP contribution in [0.25, 0.3) is 0 Å². The Morgan fingerprint density at radius 2 is 2.27 bits per heavy atom. The van der Waals surface area contributed by atoms with Crippen LogP contribution in [0.3, 0.4) is 0 Å². The van der Waals surface area contributed by atoms with Crippen LogP contribution < -0.4 is 0 Å². The molecule has 0 unspecified atom stereocenters. The van der Waals surface area contributed by atoms with Crippen LogP contribution >= 0.6 is 0 Å². The normalized spacial score (nSPS) is 39.5. The fourth-order valence-electron chi connectivity index (χ4n) is 3.04. The van der Waals surface area contributed by atoms with E-state index in [1.807, 2.05) is 6.92 Å². The average molecular weight is 210 g/mol. The summed E-state index contributed by atoms with van der Waals surface area (Å²) in [5.74, 6) is 0.299. The molecule has 4 atom stereocenters. The summed E-state index contributed by atoms with van der Waals surface area (Å²) in [5.41, 5.74) is 1.20.